The molecule has 0 aliphatic carbocycles. The fourth-order valence-corrected chi connectivity index (χ4v) is 3.16. The number of nitrogens with zero attached hydrogens (tertiary/aromatic N) is 1. The minimum atomic E-state index is 0.449. The quantitative estimate of drug-likeness (QED) is 0.606. The predicted octanol–water partition coefficient (Wildman–Crippen LogP) is 3.14. The van der Waals surface area contributed by atoms with Crippen LogP contribution in [0.2, 0.25) is 0 Å². The third-order valence-corrected chi connectivity index (χ3v) is 3.64. The van der Waals surface area contributed by atoms with Gasteiger partial charge in [-0.15, -0.1) is 6.58 Å². The first-order valence-electron chi connectivity index (χ1n) is 5.67. The maximum atomic E-state index is 4.08. The summed E-state index contributed by atoms with van der Waals surface area (Å²) < 4.78 is 0. The Morgan fingerprint density at radius 3 is 3.14 bits per heavy atom. The highest BCUT2D eigenvalue weighted by atomic mass is 15.2. The molecule has 14 heavy (non-hydrogen) atoms. The first-order chi connectivity index (χ1) is 6.62. The summed E-state index contributed by atoms with van der Waals surface area (Å²) in [5.74, 6) is 0. The Morgan fingerprint density at radius 2 is 2.43 bits per heavy atom. The molecule has 2 aliphatic rings. The molecule has 1 fully saturated rings. The minimum Gasteiger partial charge on any atom is -0.293 e. The molecule has 0 aromatic heterocycles. The third-order valence-electron chi connectivity index (χ3n) is 3.64. The van der Waals surface area contributed by atoms with Crippen LogP contribution >= 0.6 is 0 Å². The predicted molar refractivity (Wildman–Crippen MR) is 61.3 cm³/mol. The molecule has 1 nitrogen and oxygen atoms in total. The van der Waals surface area contributed by atoms with E-state index in [0.717, 1.165) is 0 Å². The summed E-state index contributed by atoms with van der Waals surface area (Å²) in [5, 5.41) is 0. The zero-order valence-corrected chi connectivity index (χ0v) is 9.47. The summed E-state index contributed by atoms with van der Waals surface area (Å²) in [6.45, 7) is 11.0. The van der Waals surface area contributed by atoms with E-state index in [1.54, 1.807) is 5.57 Å². The number of fused-ring (bicyclic) bond motifs is 1. The topological polar surface area (TPSA) is 3.24 Å². The number of hydrogen-bond donors (Lipinski definition) is 0. The van der Waals surface area contributed by atoms with Crippen LogP contribution in [0.15, 0.2) is 23.8 Å². The first-order valence-corrected chi connectivity index (χ1v) is 5.67. The van der Waals surface area contributed by atoms with E-state index in [9.17, 15) is 0 Å². The van der Waals surface area contributed by atoms with Crippen molar-refractivity contribution in [3.8, 4) is 0 Å². The van der Waals surface area contributed by atoms with Crippen LogP contribution in [-0.4, -0.2) is 23.5 Å². The highest BCUT2D eigenvalue weighted by Gasteiger charge is 2.41. The molecule has 0 saturated carbocycles. The van der Waals surface area contributed by atoms with Crippen molar-refractivity contribution in [3.63, 3.8) is 0 Å². The summed E-state index contributed by atoms with van der Waals surface area (Å²) in [7, 11) is 0. The van der Waals surface area contributed by atoms with Crippen molar-refractivity contribution in [1.82, 2.24) is 4.90 Å². The molecule has 0 bridgehead atoms. The second-order valence-electron chi connectivity index (χ2n) is 5.14. The Balaban J connectivity index is 2.20. The van der Waals surface area contributed by atoms with Crippen molar-refractivity contribution in [1.29, 1.82) is 0 Å². The van der Waals surface area contributed by atoms with Gasteiger partial charge >= 0.3 is 0 Å². The van der Waals surface area contributed by atoms with E-state index in [-0.39, 0.29) is 0 Å². The molecule has 0 aromatic rings. The second-order valence-corrected chi connectivity index (χ2v) is 5.14. The molecule has 0 aromatic carbocycles. The van der Waals surface area contributed by atoms with Crippen LogP contribution in [0.4, 0.5) is 0 Å². The van der Waals surface area contributed by atoms with Crippen LogP contribution in [-0.2, 0) is 0 Å². The van der Waals surface area contributed by atoms with Crippen LogP contribution in [0.25, 0.3) is 0 Å². The largest absolute Gasteiger partial charge is 0.293 e. The van der Waals surface area contributed by atoms with Crippen molar-refractivity contribution >= 4 is 0 Å². The van der Waals surface area contributed by atoms with E-state index in [1.165, 1.54) is 44.3 Å². The van der Waals surface area contributed by atoms with Crippen LogP contribution in [0.3, 0.4) is 0 Å². The van der Waals surface area contributed by atoms with Crippen LogP contribution in [0, 0.1) is 0 Å². The lowest BCUT2D eigenvalue weighted by Gasteiger charge is -2.42. The summed E-state index contributed by atoms with van der Waals surface area (Å²) in [6.07, 6.45) is 7.58. The second kappa shape index (κ2) is 3.54. The van der Waals surface area contributed by atoms with Crippen LogP contribution in [0.5, 0.6) is 0 Å². The molecule has 2 rings (SSSR count). The lowest BCUT2D eigenvalue weighted by atomic mass is 9.81. The van der Waals surface area contributed by atoms with Gasteiger partial charge in [0.05, 0.1) is 0 Å². The van der Waals surface area contributed by atoms with E-state index in [4.69, 9.17) is 0 Å². The highest BCUT2D eigenvalue weighted by Crippen LogP contribution is 2.41. The highest BCUT2D eigenvalue weighted by molar-refractivity contribution is 5.18. The van der Waals surface area contributed by atoms with Gasteiger partial charge in [0, 0.05) is 12.1 Å². The van der Waals surface area contributed by atoms with Crippen molar-refractivity contribution in [2.45, 2.75) is 45.1 Å². The smallest absolute Gasteiger partial charge is 0.0287 e. The van der Waals surface area contributed by atoms with Crippen molar-refractivity contribution < 1.29 is 0 Å². The lowest BCUT2D eigenvalue weighted by Crippen LogP contribution is -2.46. The Bertz CT molecular complexity index is 277. The van der Waals surface area contributed by atoms with Gasteiger partial charge in [0.25, 0.3) is 0 Å². The Morgan fingerprint density at radius 1 is 1.64 bits per heavy atom. The van der Waals surface area contributed by atoms with Gasteiger partial charge in [-0.2, -0.15) is 0 Å². The molecular weight excluding hydrogens is 170 g/mol. The van der Waals surface area contributed by atoms with Crippen molar-refractivity contribution in [3.05, 3.63) is 23.8 Å². The van der Waals surface area contributed by atoms with Gasteiger partial charge in [0.15, 0.2) is 0 Å². The third kappa shape index (κ3) is 1.66. The summed E-state index contributed by atoms with van der Waals surface area (Å²) in [6, 6.07) is 0. The Hall–Kier alpha value is -0.560. The lowest BCUT2D eigenvalue weighted by molar-refractivity contribution is 0.141. The van der Waals surface area contributed by atoms with E-state index in [1.807, 2.05) is 0 Å². The van der Waals surface area contributed by atoms with Gasteiger partial charge in [0.1, 0.15) is 0 Å². The van der Waals surface area contributed by atoms with Gasteiger partial charge in [-0.3, -0.25) is 4.90 Å². The van der Waals surface area contributed by atoms with E-state index in [2.05, 4.69) is 31.4 Å². The Kier molecular flexibility index (Phi) is 2.52. The molecule has 2 heterocycles. The molecule has 0 radical (unpaired) electrons. The average Bonchev–Trinajstić information content (AvgIpc) is 2.44. The molecule has 1 heteroatoms. The van der Waals surface area contributed by atoms with Gasteiger partial charge in [-0.25, -0.2) is 0 Å². The Labute approximate surface area is 87.5 Å². The normalized spacial score (nSPS) is 32.6. The standard InChI is InChI=1S/C13H21N/c1-11(2)9-13-6-4-7-14(13)8-5-12(3)10-13/h5H,1,4,6-10H2,2-3H3/t13-/m1/s1. The monoisotopic (exact) mass is 191 g/mol. The SMILES string of the molecule is C=C(C)C[C@@]12CCCN1CC=C(C)C2. The molecule has 2 aliphatic heterocycles. The summed E-state index contributed by atoms with van der Waals surface area (Å²) >= 11 is 0. The number of rotatable bonds is 2. The molecule has 0 N–H and O–H groups in total. The molecular formula is C13H21N. The molecule has 0 unspecified atom stereocenters. The van der Waals surface area contributed by atoms with E-state index < -0.39 is 0 Å². The summed E-state index contributed by atoms with van der Waals surface area (Å²) in [5.41, 5.74) is 3.36. The van der Waals surface area contributed by atoms with E-state index >= 15 is 0 Å². The first kappa shape index (κ1) is 9.97. The van der Waals surface area contributed by atoms with Crippen LogP contribution < -0.4 is 0 Å². The minimum absolute atomic E-state index is 0.449. The molecule has 1 atom stereocenters. The molecule has 78 valence electrons. The molecule has 1 saturated heterocycles. The molecule has 0 spiro atoms. The van der Waals surface area contributed by atoms with E-state index in [0.29, 0.717) is 5.54 Å². The van der Waals surface area contributed by atoms with Gasteiger partial charge in [0.2, 0.25) is 0 Å². The van der Waals surface area contributed by atoms with Gasteiger partial charge < -0.3 is 0 Å². The maximum absolute atomic E-state index is 4.08. The average molecular weight is 191 g/mol. The van der Waals surface area contributed by atoms with Gasteiger partial charge in [-0.05, 0) is 46.1 Å². The fraction of sp³-hybridized carbons (Fsp3) is 0.692. The maximum Gasteiger partial charge on any atom is 0.0287 e. The van der Waals surface area contributed by atoms with Gasteiger partial charge in [-0.1, -0.05) is 17.2 Å². The fourth-order valence-electron chi connectivity index (χ4n) is 3.16. The van der Waals surface area contributed by atoms with Crippen LogP contribution in [0.1, 0.15) is 39.5 Å². The van der Waals surface area contributed by atoms with Crippen molar-refractivity contribution in [2.75, 3.05) is 13.1 Å². The zero-order chi connectivity index (χ0) is 10.2. The zero-order valence-electron chi connectivity index (χ0n) is 9.47. The van der Waals surface area contributed by atoms with Crippen molar-refractivity contribution in [2.24, 2.45) is 0 Å². The summed E-state index contributed by atoms with van der Waals surface area (Å²) in [4.78, 5) is 2.66. The molecule has 0 amide bonds. The number of hydrogen-bond acceptors (Lipinski definition) is 1.